The fourth-order valence-corrected chi connectivity index (χ4v) is 4.28. The van der Waals surface area contributed by atoms with E-state index in [1.165, 1.54) is 0 Å². The number of hydrogen-bond acceptors (Lipinski definition) is 6. The Bertz CT molecular complexity index is 918. The van der Waals surface area contributed by atoms with Crippen LogP contribution in [0.15, 0.2) is 16.7 Å². The predicted octanol–water partition coefficient (Wildman–Crippen LogP) is 3.53. The standard InChI is InChI=1S/C21H29N5O4/c1-4-21(3)7-8-26(21)20(28)29-15-6-5-14(10-15)17-12-18(24-23-17)22-19(27)11-16-9-13(2)25-30-16/h9,12,14-15H,4-8,10-11H2,1-3H3,(H2,22,23,24,27)/t14-,15+,21?/m0/s1. The zero-order chi connectivity index (χ0) is 21.3. The zero-order valence-corrected chi connectivity index (χ0v) is 17.7. The second kappa shape index (κ2) is 8.12. The number of rotatable bonds is 6. The average Bonchev–Trinajstić information content (AvgIpc) is 3.42. The summed E-state index contributed by atoms with van der Waals surface area (Å²) in [4.78, 5) is 26.5. The van der Waals surface area contributed by atoms with Gasteiger partial charge in [0, 0.05) is 35.8 Å². The highest BCUT2D eigenvalue weighted by Gasteiger charge is 2.44. The van der Waals surface area contributed by atoms with Gasteiger partial charge in [-0.1, -0.05) is 12.1 Å². The van der Waals surface area contributed by atoms with Crippen LogP contribution in [0.3, 0.4) is 0 Å². The van der Waals surface area contributed by atoms with Crippen LogP contribution >= 0.6 is 0 Å². The summed E-state index contributed by atoms with van der Waals surface area (Å²) in [5.41, 5.74) is 1.63. The van der Waals surface area contributed by atoms with Crippen molar-refractivity contribution in [2.75, 3.05) is 11.9 Å². The summed E-state index contributed by atoms with van der Waals surface area (Å²) in [7, 11) is 0. The number of aromatic amines is 1. The zero-order valence-electron chi connectivity index (χ0n) is 17.7. The molecule has 3 heterocycles. The van der Waals surface area contributed by atoms with Gasteiger partial charge in [-0.15, -0.1) is 0 Å². The smallest absolute Gasteiger partial charge is 0.410 e. The van der Waals surface area contributed by atoms with Crippen molar-refractivity contribution >= 4 is 17.8 Å². The van der Waals surface area contributed by atoms with E-state index in [2.05, 4.69) is 34.5 Å². The van der Waals surface area contributed by atoms with Crippen molar-refractivity contribution in [3.05, 3.63) is 29.3 Å². The quantitative estimate of drug-likeness (QED) is 0.746. The Morgan fingerprint density at radius 1 is 1.40 bits per heavy atom. The Hall–Kier alpha value is -2.84. The first kappa shape index (κ1) is 20.4. The van der Waals surface area contributed by atoms with Crippen LogP contribution in [-0.4, -0.2) is 50.4 Å². The average molecular weight is 415 g/mol. The Morgan fingerprint density at radius 3 is 2.90 bits per heavy atom. The normalized spacial score (nSPS) is 25.8. The van der Waals surface area contributed by atoms with Gasteiger partial charge in [0.25, 0.3) is 0 Å². The fraction of sp³-hybridized carbons (Fsp3) is 0.619. The Morgan fingerprint density at radius 2 is 2.23 bits per heavy atom. The molecule has 4 rings (SSSR count). The van der Waals surface area contributed by atoms with Crippen molar-refractivity contribution < 1.29 is 18.8 Å². The van der Waals surface area contributed by atoms with Gasteiger partial charge in [-0.05, 0) is 46.0 Å². The van der Waals surface area contributed by atoms with E-state index in [4.69, 9.17) is 9.26 Å². The number of aryl methyl sites for hydroxylation is 1. The third-order valence-electron chi connectivity index (χ3n) is 6.48. The van der Waals surface area contributed by atoms with E-state index in [0.29, 0.717) is 11.6 Å². The number of nitrogens with zero attached hydrogens (tertiary/aromatic N) is 3. The lowest BCUT2D eigenvalue weighted by atomic mass is 9.85. The van der Waals surface area contributed by atoms with E-state index in [0.717, 1.165) is 50.0 Å². The molecule has 0 radical (unpaired) electrons. The van der Waals surface area contributed by atoms with Crippen LogP contribution in [0, 0.1) is 6.92 Å². The van der Waals surface area contributed by atoms with E-state index in [9.17, 15) is 9.59 Å². The van der Waals surface area contributed by atoms with Crippen LogP contribution in [0.4, 0.5) is 10.6 Å². The molecular formula is C21H29N5O4. The summed E-state index contributed by atoms with van der Waals surface area (Å²) in [6.45, 7) is 6.80. The highest BCUT2D eigenvalue weighted by Crippen LogP contribution is 2.38. The van der Waals surface area contributed by atoms with Crippen molar-refractivity contribution in [1.82, 2.24) is 20.3 Å². The van der Waals surface area contributed by atoms with Crippen molar-refractivity contribution in [1.29, 1.82) is 0 Å². The molecule has 162 valence electrons. The highest BCUT2D eigenvalue weighted by atomic mass is 16.6. The molecule has 9 nitrogen and oxygen atoms in total. The topological polar surface area (TPSA) is 113 Å². The van der Waals surface area contributed by atoms with Crippen molar-refractivity contribution in [2.45, 2.75) is 76.9 Å². The van der Waals surface area contributed by atoms with Crippen LogP contribution in [-0.2, 0) is 16.0 Å². The van der Waals surface area contributed by atoms with Crippen molar-refractivity contribution in [3.8, 4) is 0 Å². The number of amides is 2. The van der Waals surface area contributed by atoms with Gasteiger partial charge in [0.1, 0.15) is 11.9 Å². The summed E-state index contributed by atoms with van der Waals surface area (Å²) in [6.07, 6.45) is 4.30. The lowest BCUT2D eigenvalue weighted by Gasteiger charge is -2.49. The first-order valence-electron chi connectivity index (χ1n) is 10.6. The molecule has 2 aliphatic rings. The monoisotopic (exact) mass is 415 g/mol. The third kappa shape index (κ3) is 4.20. The van der Waals surface area contributed by atoms with Gasteiger partial charge in [-0.2, -0.15) is 5.10 Å². The molecule has 30 heavy (non-hydrogen) atoms. The minimum absolute atomic E-state index is 0.0595. The fourth-order valence-electron chi connectivity index (χ4n) is 4.28. The second-order valence-electron chi connectivity index (χ2n) is 8.64. The summed E-state index contributed by atoms with van der Waals surface area (Å²) < 4.78 is 10.8. The Balaban J connectivity index is 1.27. The molecule has 2 amide bonds. The number of aromatic nitrogens is 3. The largest absolute Gasteiger partial charge is 0.446 e. The lowest BCUT2D eigenvalue weighted by molar-refractivity contribution is -0.115. The number of hydrogen-bond donors (Lipinski definition) is 2. The molecule has 0 spiro atoms. The molecular weight excluding hydrogens is 386 g/mol. The molecule has 1 saturated carbocycles. The van der Waals surface area contributed by atoms with Gasteiger partial charge in [-0.25, -0.2) is 4.79 Å². The lowest BCUT2D eigenvalue weighted by Crippen LogP contribution is -2.60. The summed E-state index contributed by atoms with van der Waals surface area (Å²) in [5, 5.41) is 13.8. The van der Waals surface area contributed by atoms with Crippen LogP contribution in [0.2, 0.25) is 0 Å². The molecule has 2 N–H and O–H groups in total. The molecule has 1 aliphatic heterocycles. The Labute approximate surface area is 175 Å². The number of carbonyl (C=O) groups excluding carboxylic acids is 2. The summed E-state index contributed by atoms with van der Waals surface area (Å²) in [6, 6.07) is 3.58. The molecule has 1 aliphatic carbocycles. The van der Waals surface area contributed by atoms with Gasteiger partial charge in [0.15, 0.2) is 5.82 Å². The number of anilines is 1. The van der Waals surface area contributed by atoms with Gasteiger partial charge in [0.2, 0.25) is 5.91 Å². The number of H-pyrrole nitrogens is 1. The molecule has 2 aromatic rings. The van der Waals surface area contributed by atoms with Gasteiger partial charge in [-0.3, -0.25) is 9.89 Å². The van der Waals surface area contributed by atoms with E-state index < -0.39 is 0 Å². The molecule has 2 fully saturated rings. The maximum absolute atomic E-state index is 12.5. The minimum atomic E-state index is -0.212. The molecule has 1 saturated heterocycles. The van der Waals surface area contributed by atoms with E-state index in [1.807, 2.05) is 17.9 Å². The van der Waals surface area contributed by atoms with Gasteiger partial charge >= 0.3 is 6.09 Å². The first-order valence-corrected chi connectivity index (χ1v) is 10.6. The molecule has 9 heteroatoms. The number of likely N-dealkylation sites (tertiary alicyclic amines) is 1. The van der Waals surface area contributed by atoms with E-state index >= 15 is 0 Å². The molecule has 2 aromatic heterocycles. The van der Waals surface area contributed by atoms with Gasteiger partial charge < -0.3 is 19.5 Å². The Kier molecular flexibility index (Phi) is 5.53. The van der Waals surface area contributed by atoms with E-state index in [1.54, 1.807) is 6.07 Å². The highest BCUT2D eigenvalue weighted by molar-refractivity contribution is 5.91. The predicted molar refractivity (Wildman–Crippen MR) is 109 cm³/mol. The van der Waals surface area contributed by atoms with Crippen LogP contribution in [0.1, 0.15) is 69.0 Å². The number of ether oxygens (including phenoxy) is 1. The first-order chi connectivity index (χ1) is 14.4. The van der Waals surface area contributed by atoms with Crippen molar-refractivity contribution in [2.24, 2.45) is 0 Å². The second-order valence-corrected chi connectivity index (χ2v) is 8.64. The molecule has 0 bridgehead atoms. The molecule has 0 aromatic carbocycles. The SMILES string of the molecule is CCC1(C)CCN1C(=O)O[C@@H]1CC[C@H](c2cc(NC(=O)Cc3cc(C)no3)n[nH]2)C1. The summed E-state index contributed by atoms with van der Waals surface area (Å²) in [5.74, 6) is 1.01. The maximum atomic E-state index is 12.5. The van der Waals surface area contributed by atoms with Gasteiger partial charge in [0.05, 0.1) is 12.1 Å². The minimum Gasteiger partial charge on any atom is -0.446 e. The summed E-state index contributed by atoms with van der Waals surface area (Å²) >= 11 is 0. The van der Waals surface area contributed by atoms with Crippen molar-refractivity contribution in [3.63, 3.8) is 0 Å². The molecule has 1 unspecified atom stereocenters. The van der Waals surface area contributed by atoms with Crippen LogP contribution in [0.25, 0.3) is 0 Å². The van der Waals surface area contributed by atoms with E-state index in [-0.39, 0.29) is 36.0 Å². The number of carbonyl (C=O) groups is 2. The number of nitrogens with one attached hydrogen (secondary N) is 2. The third-order valence-corrected chi connectivity index (χ3v) is 6.48. The maximum Gasteiger partial charge on any atom is 0.410 e. The van der Waals surface area contributed by atoms with Crippen LogP contribution < -0.4 is 5.32 Å². The molecule has 3 atom stereocenters. The van der Waals surface area contributed by atoms with Crippen LogP contribution in [0.5, 0.6) is 0 Å².